The molecule has 3 amide bonds. The van der Waals surface area contributed by atoms with Gasteiger partial charge < -0.3 is 15.3 Å². The molecule has 0 spiro atoms. The van der Waals surface area contributed by atoms with Crippen LogP contribution in [-0.2, 0) is 4.79 Å². The van der Waals surface area contributed by atoms with Crippen LogP contribution in [0.1, 0.15) is 19.4 Å². The van der Waals surface area contributed by atoms with Crippen molar-refractivity contribution in [1.82, 2.24) is 20.1 Å². The molecule has 2 N–H and O–H groups in total. The molecular weight excluding hydrogens is 348 g/mol. The van der Waals surface area contributed by atoms with Crippen molar-refractivity contribution in [2.45, 2.75) is 25.5 Å². The molecule has 3 heterocycles. The molecule has 0 bridgehead atoms. The molecular formula is C18H24N6O3. The van der Waals surface area contributed by atoms with Crippen LogP contribution >= 0.6 is 0 Å². The first kappa shape index (κ1) is 19.1. The molecule has 1 aromatic heterocycles. The zero-order valence-corrected chi connectivity index (χ0v) is 15.6. The lowest BCUT2D eigenvalue weighted by Crippen LogP contribution is -2.51. The molecule has 9 nitrogen and oxygen atoms in total. The van der Waals surface area contributed by atoms with E-state index in [1.807, 2.05) is 0 Å². The molecule has 0 aliphatic carbocycles. The normalized spacial score (nSPS) is 21.1. The van der Waals surface area contributed by atoms with Gasteiger partial charge in [0.15, 0.2) is 0 Å². The first-order valence-electron chi connectivity index (χ1n) is 8.96. The van der Waals surface area contributed by atoms with Crippen molar-refractivity contribution in [3.05, 3.63) is 23.9 Å². The molecule has 3 rings (SSSR count). The Morgan fingerprint density at radius 2 is 2.00 bits per heavy atom. The molecule has 2 saturated heterocycles. The fourth-order valence-electron chi connectivity index (χ4n) is 3.43. The first-order chi connectivity index (χ1) is 12.8. The number of hydrogen-bond donors (Lipinski definition) is 2. The standard InChI is InChI=1S/C18H24N6O3/c1-18(2)16(26)24(17(27)21-18)12-14(25)11-22-6-8-23(9-7-22)15-13(10-19)4-3-5-20-15/h3-5,14,25H,6-9,11-12H2,1-2H3,(H,21,27)/t14-/m1/s1. The molecule has 0 radical (unpaired) electrons. The molecule has 144 valence electrons. The van der Waals surface area contributed by atoms with Crippen LogP contribution in [0, 0.1) is 11.3 Å². The first-order valence-corrected chi connectivity index (χ1v) is 8.96. The molecule has 0 saturated carbocycles. The minimum absolute atomic E-state index is 0.0207. The minimum atomic E-state index is -0.927. The predicted octanol–water partition coefficient (Wildman–Crippen LogP) is -0.233. The average molecular weight is 372 g/mol. The van der Waals surface area contributed by atoms with Crippen molar-refractivity contribution in [1.29, 1.82) is 5.26 Å². The summed E-state index contributed by atoms with van der Waals surface area (Å²) in [7, 11) is 0. The van der Waals surface area contributed by atoms with E-state index >= 15 is 0 Å². The van der Waals surface area contributed by atoms with Crippen molar-refractivity contribution in [2.24, 2.45) is 0 Å². The molecule has 2 fully saturated rings. The highest BCUT2D eigenvalue weighted by atomic mass is 16.3. The third kappa shape index (κ3) is 4.02. The smallest absolute Gasteiger partial charge is 0.325 e. The number of rotatable bonds is 5. The summed E-state index contributed by atoms with van der Waals surface area (Å²) >= 11 is 0. The predicted molar refractivity (Wildman–Crippen MR) is 97.9 cm³/mol. The summed E-state index contributed by atoms with van der Waals surface area (Å²) < 4.78 is 0. The van der Waals surface area contributed by atoms with Crippen molar-refractivity contribution >= 4 is 17.8 Å². The summed E-state index contributed by atoms with van der Waals surface area (Å²) in [5.41, 5.74) is -0.379. The second-order valence-electron chi connectivity index (χ2n) is 7.40. The lowest BCUT2D eigenvalue weighted by atomic mass is 10.1. The molecule has 27 heavy (non-hydrogen) atoms. The van der Waals surface area contributed by atoms with Crippen molar-refractivity contribution in [3.8, 4) is 6.07 Å². The Hall–Kier alpha value is -2.70. The number of piperazine rings is 1. The van der Waals surface area contributed by atoms with Crippen molar-refractivity contribution < 1.29 is 14.7 Å². The summed E-state index contributed by atoms with van der Waals surface area (Å²) in [6.07, 6.45) is 0.857. The lowest BCUT2D eigenvalue weighted by molar-refractivity contribution is -0.131. The van der Waals surface area contributed by atoms with E-state index in [0.717, 1.165) is 4.90 Å². The Kier molecular flexibility index (Phi) is 5.30. The number of carbonyl (C=O) groups excluding carboxylic acids is 2. The molecule has 1 atom stereocenters. The molecule has 9 heteroatoms. The number of nitriles is 1. The van der Waals surface area contributed by atoms with E-state index in [1.54, 1.807) is 32.2 Å². The number of aliphatic hydroxyl groups excluding tert-OH is 1. The second-order valence-corrected chi connectivity index (χ2v) is 7.40. The maximum absolute atomic E-state index is 12.2. The summed E-state index contributed by atoms with van der Waals surface area (Å²) in [5, 5.41) is 22.2. The summed E-state index contributed by atoms with van der Waals surface area (Å²) in [6.45, 7) is 6.42. The van der Waals surface area contributed by atoms with Gasteiger partial charge in [0.25, 0.3) is 5.91 Å². The van der Waals surface area contributed by atoms with E-state index in [1.165, 1.54) is 0 Å². The number of aromatic nitrogens is 1. The Morgan fingerprint density at radius 1 is 1.30 bits per heavy atom. The van der Waals surface area contributed by atoms with Gasteiger partial charge >= 0.3 is 6.03 Å². The topological polar surface area (TPSA) is 113 Å². The van der Waals surface area contributed by atoms with Crippen LogP contribution in [0.5, 0.6) is 0 Å². The van der Waals surface area contributed by atoms with Gasteiger partial charge in [0.2, 0.25) is 0 Å². The number of carbonyl (C=O) groups is 2. The Morgan fingerprint density at radius 3 is 2.59 bits per heavy atom. The fourth-order valence-corrected chi connectivity index (χ4v) is 3.43. The largest absolute Gasteiger partial charge is 0.390 e. The van der Waals surface area contributed by atoms with E-state index in [0.29, 0.717) is 44.1 Å². The third-order valence-corrected chi connectivity index (χ3v) is 4.89. The van der Waals surface area contributed by atoms with Crippen LogP contribution in [-0.4, -0.2) is 82.7 Å². The summed E-state index contributed by atoms with van der Waals surface area (Å²) in [5.74, 6) is 0.359. The number of β-amino-alcohol motifs (C(OH)–C–C–N with tert-alkyl or cyclic N) is 1. The summed E-state index contributed by atoms with van der Waals surface area (Å²) in [6, 6.07) is 5.18. The zero-order chi connectivity index (χ0) is 19.6. The van der Waals surface area contributed by atoms with Gasteiger partial charge in [-0.3, -0.25) is 14.6 Å². The molecule has 2 aliphatic heterocycles. The second kappa shape index (κ2) is 7.50. The molecule has 0 aromatic carbocycles. The Labute approximate surface area is 158 Å². The van der Waals surface area contributed by atoms with Crippen LogP contribution in [0.2, 0.25) is 0 Å². The van der Waals surface area contributed by atoms with Crippen molar-refractivity contribution in [2.75, 3.05) is 44.2 Å². The number of hydrogen-bond acceptors (Lipinski definition) is 7. The Balaban J connectivity index is 1.51. The third-order valence-electron chi connectivity index (χ3n) is 4.89. The van der Waals surface area contributed by atoms with Gasteiger partial charge in [-0.15, -0.1) is 0 Å². The van der Waals surface area contributed by atoms with Gasteiger partial charge in [-0.2, -0.15) is 5.26 Å². The minimum Gasteiger partial charge on any atom is -0.390 e. The zero-order valence-electron chi connectivity index (χ0n) is 15.6. The van der Waals surface area contributed by atoms with Gasteiger partial charge in [0.05, 0.1) is 18.2 Å². The lowest BCUT2D eigenvalue weighted by Gasteiger charge is -2.36. The molecule has 0 unspecified atom stereocenters. The molecule has 1 aromatic rings. The average Bonchev–Trinajstić information content (AvgIpc) is 2.84. The number of urea groups is 1. The van der Waals surface area contributed by atoms with Crippen LogP contribution < -0.4 is 10.2 Å². The van der Waals surface area contributed by atoms with E-state index < -0.39 is 17.7 Å². The highest BCUT2D eigenvalue weighted by Gasteiger charge is 2.44. The van der Waals surface area contributed by atoms with Gasteiger partial charge in [0, 0.05) is 38.9 Å². The number of anilines is 1. The number of amides is 3. The number of imide groups is 1. The van der Waals surface area contributed by atoms with E-state index in [9.17, 15) is 20.0 Å². The van der Waals surface area contributed by atoms with Crippen LogP contribution in [0.4, 0.5) is 10.6 Å². The van der Waals surface area contributed by atoms with Crippen LogP contribution in [0.3, 0.4) is 0 Å². The van der Waals surface area contributed by atoms with Gasteiger partial charge in [-0.05, 0) is 26.0 Å². The van der Waals surface area contributed by atoms with E-state index in [4.69, 9.17) is 0 Å². The van der Waals surface area contributed by atoms with Gasteiger partial charge in [-0.25, -0.2) is 9.78 Å². The number of nitrogens with one attached hydrogen (secondary N) is 1. The maximum atomic E-state index is 12.2. The maximum Gasteiger partial charge on any atom is 0.325 e. The highest BCUT2D eigenvalue weighted by Crippen LogP contribution is 2.19. The quantitative estimate of drug-likeness (QED) is 0.686. The van der Waals surface area contributed by atoms with Gasteiger partial charge in [-0.1, -0.05) is 0 Å². The number of pyridine rings is 1. The fraction of sp³-hybridized carbons (Fsp3) is 0.556. The van der Waals surface area contributed by atoms with E-state index in [2.05, 4.69) is 26.2 Å². The summed E-state index contributed by atoms with van der Waals surface area (Å²) in [4.78, 5) is 33.6. The highest BCUT2D eigenvalue weighted by molar-refractivity contribution is 6.06. The SMILES string of the molecule is CC1(C)NC(=O)N(C[C@H](O)CN2CCN(c3ncccc3C#N)CC2)C1=O. The number of nitrogens with zero attached hydrogens (tertiary/aromatic N) is 5. The Bertz CT molecular complexity index is 767. The van der Waals surface area contributed by atoms with Crippen molar-refractivity contribution in [3.63, 3.8) is 0 Å². The van der Waals surface area contributed by atoms with Gasteiger partial charge in [0.1, 0.15) is 17.4 Å². The monoisotopic (exact) mass is 372 g/mol. The molecule has 2 aliphatic rings. The van der Waals surface area contributed by atoms with Crippen LogP contribution in [0.15, 0.2) is 18.3 Å². The van der Waals surface area contributed by atoms with E-state index in [-0.39, 0.29) is 12.5 Å². The number of aliphatic hydroxyl groups is 1. The van der Waals surface area contributed by atoms with Crippen LogP contribution in [0.25, 0.3) is 0 Å².